The molecule has 0 bridgehead atoms. The van der Waals surface area contributed by atoms with Crippen LogP contribution in [-0.4, -0.2) is 35.3 Å². The zero-order valence-electron chi connectivity index (χ0n) is 18.4. The highest BCUT2D eigenvalue weighted by molar-refractivity contribution is 6.31. The van der Waals surface area contributed by atoms with Crippen molar-refractivity contribution in [1.82, 2.24) is 10.2 Å². The minimum atomic E-state index is -0.496. The van der Waals surface area contributed by atoms with Gasteiger partial charge in [0.05, 0.1) is 0 Å². The van der Waals surface area contributed by atoms with E-state index in [-0.39, 0.29) is 17.9 Å². The molecule has 4 nitrogen and oxygen atoms in total. The lowest BCUT2D eigenvalue weighted by molar-refractivity contribution is -0.140. The van der Waals surface area contributed by atoms with Gasteiger partial charge >= 0.3 is 0 Å². The lowest BCUT2D eigenvalue weighted by atomic mass is 9.95. The maximum absolute atomic E-state index is 13.2. The molecule has 3 rings (SSSR count). The van der Waals surface area contributed by atoms with Crippen molar-refractivity contribution in [3.05, 3.63) is 70.7 Å². The van der Waals surface area contributed by atoms with E-state index in [1.54, 1.807) is 4.90 Å². The second kappa shape index (κ2) is 11.9. The van der Waals surface area contributed by atoms with Gasteiger partial charge in [0, 0.05) is 24.0 Å². The second-order valence-electron chi connectivity index (χ2n) is 8.43. The molecule has 0 aromatic heterocycles. The van der Waals surface area contributed by atoms with Gasteiger partial charge in [-0.2, -0.15) is 0 Å². The Labute approximate surface area is 191 Å². The van der Waals surface area contributed by atoms with Gasteiger partial charge in [-0.3, -0.25) is 9.59 Å². The van der Waals surface area contributed by atoms with Crippen LogP contribution in [0.5, 0.6) is 0 Å². The van der Waals surface area contributed by atoms with Crippen LogP contribution in [0.3, 0.4) is 0 Å². The average molecular weight is 441 g/mol. The summed E-state index contributed by atoms with van der Waals surface area (Å²) < 4.78 is 0. The van der Waals surface area contributed by atoms with Gasteiger partial charge in [0.2, 0.25) is 11.8 Å². The summed E-state index contributed by atoms with van der Waals surface area (Å²) in [6.07, 6.45) is 7.25. The molecule has 0 aliphatic heterocycles. The summed E-state index contributed by atoms with van der Waals surface area (Å²) >= 11 is 6.26. The van der Waals surface area contributed by atoms with E-state index in [0.29, 0.717) is 24.4 Å². The van der Waals surface area contributed by atoms with Gasteiger partial charge in [0.15, 0.2) is 0 Å². The van der Waals surface area contributed by atoms with Crippen molar-refractivity contribution in [3.63, 3.8) is 0 Å². The molecule has 1 aliphatic rings. The number of amides is 2. The van der Waals surface area contributed by atoms with Gasteiger partial charge in [0.1, 0.15) is 6.04 Å². The molecule has 0 heterocycles. The highest BCUT2D eigenvalue weighted by Gasteiger charge is 2.27. The number of hydrogen-bond donors (Lipinski definition) is 1. The van der Waals surface area contributed by atoms with Crippen LogP contribution in [0, 0.1) is 0 Å². The molecule has 5 heteroatoms. The number of aryl methyl sites for hydroxylation is 1. The Balaban J connectivity index is 1.65. The first kappa shape index (κ1) is 23.3. The quantitative estimate of drug-likeness (QED) is 0.583. The maximum atomic E-state index is 13.2. The summed E-state index contributed by atoms with van der Waals surface area (Å²) in [6, 6.07) is 17.4. The van der Waals surface area contributed by atoms with Crippen LogP contribution in [0.4, 0.5) is 0 Å². The van der Waals surface area contributed by atoms with Gasteiger partial charge < -0.3 is 10.2 Å². The molecular formula is C26H33ClN2O2. The molecule has 1 N–H and O–H groups in total. The third-order valence-electron chi connectivity index (χ3n) is 6.17. The molecule has 2 aromatic carbocycles. The van der Waals surface area contributed by atoms with Gasteiger partial charge in [-0.25, -0.2) is 0 Å². The van der Waals surface area contributed by atoms with Crippen molar-refractivity contribution < 1.29 is 9.59 Å². The number of carbonyl (C=O) groups excluding carboxylic acids is 2. The Morgan fingerprint density at radius 1 is 1.00 bits per heavy atom. The predicted molar refractivity (Wildman–Crippen MR) is 126 cm³/mol. The Morgan fingerprint density at radius 3 is 2.39 bits per heavy atom. The van der Waals surface area contributed by atoms with Crippen molar-refractivity contribution in [1.29, 1.82) is 0 Å². The third kappa shape index (κ3) is 7.10. The number of benzene rings is 2. The monoisotopic (exact) mass is 440 g/mol. The number of rotatable bonds is 9. The van der Waals surface area contributed by atoms with Crippen LogP contribution in [0.2, 0.25) is 5.02 Å². The van der Waals surface area contributed by atoms with Crippen LogP contribution < -0.4 is 5.32 Å². The Morgan fingerprint density at radius 2 is 1.68 bits per heavy atom. The first-order valence-corrected chi connectivity index (χ1v) is 11.8. The van der Waals surface area contributed by atoms with E-state index in [1.807, 2.05) is 49.4 Å². The summed E-state index contributed by atoms with van der Waals surface area (Å²) in [7, 11) is 0. The first-order chi connectivity index (χ1) is 15.0. The van der Waals surface area contributed by atoms with E-state index < -0.39 is 6.04 Å². The summed E-state index contributed by atoms with van der Waals surface area (Å²) in [5.41, 5.74) is 2.12. The van der Waals surface area contributed by atoms with Crippen molar-refractivity contribution in [3.8, 4) is 0 Å². The van der Waals surface area contributed by atoms with Crippen molar-refractivity contribution >= 4 is 23.4 Å². The lowest BCUT2D eigenvalue weighted by Gasteiger charge is -2.31. The normalized spacial score (nSPS) is 15.3. The Bertz CT molecular complexity index is 849. The zero-order valence-corrected chi connectivity index (χ0v) is 19.1. The van der Waals surface area contributed by atoms with E-state index in [2.05, 4.69) is 17.4 Å². The van der Waals surface area contributed by atoms with Gasteiger partial charge in [0.25, 0.3) is 0 Å². The number of nitrogens with one attached hydrogen (secondary N) is 1. The Kier molecular flexibility index (Phi) is 8.96. The number of nitrogens with zero attached hydrogens (tertiary/aromatic N) is 1. The van der Waals surface area contributed by atoms with Gasteiger partial charge in [-0.1, -0.05) is 79.4 Å². The summed E-state index contributed by atoms with van der Waals surface area (Å²) in [6.45, 7) is 2.36. The maximum Gasteiger partial charge on any atom is 0.242 e. The van der Waals surface area contributed by atoms with Crippen molar-refractivity contribution in [2.45, 2.75) is 70.4 Å². The van der Waals surface area contributed by atoms with Gasteiger partial charge in [-0.05, 0) is 49.8 Å². The molecule has 2 aromatic rings. The molecule has 31 heavy (non-hydrogen) atoms. The van der Waals surface area contributed by atoms with Crippen LogP contribution in [0.25, 0.3) is 0 Å². The van der Waals surface area contributed by atoms with E-state index >= 15 is 0 Å². The number of halogens is 1. The van der Waals surface area contributed by atoms with Crippen molar-refractivity contribution in [2.75, 3.05) is 6.54 Å². The topological polar surface area (TPSA) is 49.4 Å². The fourth-order valence-corrected chi connectivity index (χ4v) is 4.46. The van der Waals surface area contributed by atoms with E-state index in [1.165, 1.54) is 6.42 Å². The third-order valence-corrected chi connectivity index (χ3v) is 6.54. The SMILES string of the molecule is C[C@H](C(=O)NC1CCCCC1)N(CCc1ccccc1)C(=O)CCc1ccccc1Cl. The lowest BCUT2D eigenvalue weighted by Crippen LogP contribution is -2.51. The fourth-order valence-electron chi connectivity index (χ4n) is 4.23. The highest BCUT2D eigenvalue weighted by Crippen LogP contribution is 2.19. The standard InChI is InChI=1S/C26H33ClN2O2/c1-20(26(31)28-23-13-6-3-7-14-23)29(19-18-21-10-4-2-5-11-21)25(30)17-16-22-12-8-9-15-24(22)27/h2,4-5,8-12,15,20,23H,3,6-7,13-14,16-19H2,1H3,(H,28,31)/t20-/m1/s1. The fraction of sp³-hybridized carbons (Fsp3) is 0.462. The number of hydrogen-bond acceptors (Lipinski definition) is 2. The summed E-state index contributed by atoms with van der Waals surface area (Å²) in [4.78, 5) is 27.9. The van der Waals surface area contributed by atoms with Crippen LogP contribution >= 0.6 is 11.6 Å². The molecule has 0 unspecified atom stereocenters. The van der Waals surface area contributed by atoms with Crippen LogP contribution in [-0.2, 0) is 22.4 Å². The molecule has 1 aliphatic carbocycles. The minimum Gasteiger partial charge on any atom is -0.352 e. The summed E-state index contributed by atoms with van der Waals surface area (Å²) in [5, 5.41) is 3.86. The molecule has 1 atom stereocenters. The smallest absolute Gasteiger partial charge is 0.242 e. The largest absolute Gasteiger partial charge is 0.352 e. The molecule has 1 fully saturated rings. The predicted octanol–water partition coefficient (Wildman–Crippen LogP) is 5.18. The van der Waals surface area contributed by atoms with Crippen molar-refractivity contribution in [2.24, 2.45) is 0 Å². The number of carbonyl (C=O) groups is 2. The Hall–Kier alpha value is -2.33. The molecular weight excluding hydrogens is 408 g/mol. The summed E-state index contributed by atoms with van der Waals surface area (Å²) in [5.74, 6) is -0.0619. The van der Waals surface area contributed by atoms with Crippen LogP contribution in [0.15, 0.2) is 54.6 Å². The second-order valence-corrected chi connectivity index (χ2v) is 8.84. The molecule has 166 valence electrons. The van der Waals surface area contributed by atoms with E-state index in [4.69, 9.17) is 11.6 Å². The first-order valence-electron chi connectivity index (χ1n) is 11.4. The molecule has 2 amide bonds. The molecule has 0 saturated heterocycles. The highest BCUT2D eigenvalue weighted by atomic mass is 35.5. The van der Waals surface area contributed by atoms with E-state index in [0.717, 1.165) is 43.2 Å². The molecule has 0 radical (unpaired) electrons. The van der Waals surface area contributed by atoms with E-state index in [9.17, 15) is 9.59 Å². The molecule has 0 spiro atoms. The van der Waals surface area contributed by atoms with Gasteiger partial charge in [-0.15, -0.1) is 0 Å². The van der Waals surface area contributed by atoms with Crippen LogP contribution in [0.1, 0.15) is 56.6 Å². The molecule has 1 saturated carbocycles. The average Bonchev–Trinajstić information content (AvgIpc) is 2.80. The zero-order chi connectivity index (χ0) is 22.1. The minimum absolute atomic E-state index is 0.0119.